The number of nitrogens with zero attached hydrogens (tertiary/aromatic N) is 2. The molecule has 4 nitrogen and oxygen atoms in total. The molecule has 2 saturated heterocycles. The van der Waals surface area contributed by atoms with Gasteiger partial charge in [-0.2, -0.15) is 0 Å². The molecule has 0 bridgehead atoms. The van der Waals surface area contributed by atoms with Crippen LogP contribution < -0.4 is 5.32 Å². The zero-order valence-electron chi connectivity index (χ0n) is 13.2. The van der Waals surface area contributed by atoms with Crippen molar-refractivity contribution in [3.05, 3.63) is 0 Å². The topological polar surface area (TPSA) is 35.6 Å². The highest BCUT2D eigenvalue weighted by Crippen LogP contribution is 2.39. The largest absolute Gasteiger partial charge is 0.322 e. The van der Waals surface area contributed by atoms with Crippen molar-refractivity contribution in [2.45, 2.75) is 70.1 Å². The van der Waals surface area contributed by atoms with Crippen LogP contribution in [-0.4, -0.2) is 53.6 Å². The van der Waals surface area contributed by atoms with Crippen molar-refractivity contribution < 1.29 is 4.79 Å². The third kappa shape index (κ3) is 2.17. The van der Waals surface area contributed by atoms with Crippen LogP contribution in [0.15, 0.2) is 0 Å². The number of rotatable bonds is 2. The first-order valence-corrected chi connectivity index (χ1v) is 8.36. The van der Waals surface area contributed by atoms with Gasteiger partial charge in [0.05, 0.1) is 11.7 Å². The molecule has 3 unspecified atom stereocenters. The third-order valence-electron chi connectivity index (χ3n) is 5.69. The fraction of sp³-hybridized carbons (Fsp3) is 0.938. The van der Waals surface area contributed by atoms with Gasteiger partial charge in [0.15, 0.2) is 0 Å². The summed E-state index contributed by atoms with van der Waals surface area (Å²) in [5.41, 5.74) is -0.205. The summed E-state index contributed by atoms with van der Waals surface area (Å²) in [5.74, 6) is 0.980. The molecule has 0 radical (unpaired) electrons. The number of hydrogen-bond acceptors (Lipinski definition) is 3. The molecule has 4 heteroatoms. The molecule has 3 atom stereocenters. The second kappa shape index (κ2) is 5.30. The van der Waals surface area contributed by atoms with E-state index in [1.165, 1.54) is 12.8 Å². The molecule has 1 saturated carbocycles. The lowest BCUT2D eigenvalue weighted by Gasteiger charge is -2.42. The average Bonchev–Trinajstić information content (AvgIpc) is 2.99. The third-order valence-corrected chi connectivity index (χ3v) is 5.69. The summed E-state index contributed by atoms with van der Waals surface area (Å²) in [6.07, 6.45) is 6.89. The van der Waals surface area contributed by atoms with Crippen molar-refractivity contribution in [1.82, 2.24) is 15.1 Å². The van der Waals surface area contributed by atoms with Gasteiger partial charge < -0.3 is 9.80 Å². The smallest absolute Gasteiger partial charge is 0.244 e. The quantitative estimate of drug-likeness (QED) is 0.837. The van der Waals surface area contributed by atoms with Crippen molar-refractivity contribution in [3.63, 3.8) is 0 Å². The van der Waals surface area contributed by atoms with Gasteiger partial charge in [0.1, 0.15) is 0 Å². The lowest BCUT2D eigenvalue weighted by Crippen LogP contribution is -2.53. The van der Waals surface area contributed by atoms with Gasteiger partial charge in [-0.1, -0.05) is 26.7 Å². The Morgan fingerprint density at radius 2 is 2.05 bits per heavy atom. The van der Waals surface area contributed by atoms with Gasteiger partial charge in [0, 0.05) is 12.6 Å². The maximum atomic E-state index is 13.1. The summed E-state index contributed by atoms with van der Waals surface area (Å²) in [4.78, 5) is 17.7. The highest BCUT2D eigenvalue weighted by molar-refractivity contribution is 5.89. The van der Waals surface area contributed by atoms with Crippen molar-refractivity contribution in [3.8, 4) is 0 Å². The molecule has 2 aliphatic heterocycles. The van der Waals surface area contributed by atoms with E-state index in [1.807, 2.05) is 0 Å². The maximum Gasteiger partial charge on any atom is 0.244 e. The number of carbonyl (C=O) groups excluding carboxylic acids is 1. The minimum absolute atomic E-state index is 0.205. The van der Waals surface area contributed by atoms with Crippen LogP contribution in [0.25, 0.3) is 0 Å². The number of amides is 1. The molecule has 1 aliphatic carbocycles. The van der Waals surface area contributed by atoms with Crippen molar-refractivity contribution in [2.75, 3.05) is 20.1 Å². The van der Waals surface area contributed by atoms with Crippen LogP contribution in [0.5, 0.6) is 0 Å². The molecular formula is C16H29N3O. The number of carbonyl (C=O) groups is 1. The zero-order chi connectivity index (χ0) is 14.3. The van der Waals surface area contributed by atoms with Crippen LogP contribution in [0, 0.1) is 5.92 Å². The van der Waals surface area contributed by atoms with E-state index in [4.69, 9.17) is 0 Å². The average molecular weight is 279 g/mol. The molecule has 0 aromatic heterocycles. The van der Waals surface area contributed by atoms with E-state index in [0.29, 0.717) is 17.9 Å². The van der Waals surface area contributed by atoms with E-state index in [-0.39, 0.29) is 11.7 Å². The van der Waals surface area contributed by atoms with E-state index in [9.17, 15) is 4.79 Å². The molecule has 1 spiro atoms. The first-order chi connectivity index (χ1) is 9.57. The van der Waals surface area contributed by atoms with Crippen molar-refractivity contribution in [2.24, 2.45) is 5.92 Å². The Bertz CT molecular complexity index is 378. The summed E-state index contributed by atoms with van der Waals surface area (Å²) < 4.78 is 0. The molecule has 1 amide bonds. The maximum absolute atomic E-state index is 13.1. The summed E-state index contributed by atoms with van der Waals surface area (Å²) in [6, 6.07) is 0.427. The summed E-state index contributed by atoms with van der Waals surface area (Å²) in [7, 11) is 2.19. The van der Waals surface area contributed by atoms with Gasteiger partial charge in [-0.3, -0.25) is 10.1 Å². The van der Waals surface area contributed by atoms with Gasteiger partial charge >= 0.3 is 0 Å². The number of nitrogens with one attached hydrogen (secondary N) is 1. The second-order valence-corrected chi connectivity index (χ2v) is 7.17. The van der Waals surface area contributed by atoms with E-state index >= 15 is 0 Å². The van der Waals surface area contributed by atoms with Crippen LogP contribution in [0.1, 0.15) is 52.4 Å². The molecule has 3 fully saturated rings. The molecule has 0 aromatic rings. The van der Waals surface area contributed by atoms with Crippen LogP contribution >= 0.6 is 0 Å². The number of hydrogen-bond donors (Lipinski definition) is 1. The predicted octanol–water partition coefficient (Wildman–Crippen LogP) is 1.81. The number of likely N-dealkylation sites (tertiary alicyclic amines) is 1. The van der Waals surface area contributed by atoms with Gasteiger partial charge in [0.25, 0.3) is 0 Å². The first kappa shape index (κ1) is 14.3. The zero-order valence-corrected chi connectivity index (χ0v) is 13.2. The Labute approximate surface area is 122 Å². The minimum Gasteiger partial charge on any atom is -0.322 e. The van der Waals surface area contributed by atoms with Crippen LogP contribution in [0.4, 0.5) is 0 Å². The monoisotopic (exact) mass is 279 g/mol. The molecule has 3 aliphatic rings. The minimum atomic E-state index is -0.205. The predicted molar refractivity (Wildman–Crippen MR) is 80.3 cm³/mol. The standard InChI is InChI=1S/C16H29N3O/c1-4-14-17-16(8-5-6-9-16)15(20)19(14)13-7-10-18(3)11-12(13)2/h12-14,17H,4-11H2,1-3H3. The van der Waals surface area contributed by atoms with E-state index in [2.05, 4.69) is 36.0 Å². The Balaban J connectivity index is 1.82. The van der Waals surface area contributed by atoms with Gasteiger partial charge in [-0.05, 0) is 45.2 Å². The molecule has 3 rings (SSSR count). The molecule has 114 valence electrons. The number of piperidine rings is 1. The summed E-state index contributed by atoms with van der Waals surface area (Å²) in [6.45, 7) is 6.73. The normalized spacial score (nSPS) is 38.0. The Morgan fingerprint density at radius 1 is 1.35 bits per heavy atom. The molecule has 20 heavy (non-hydrogen) atoms. The van der Waals surface area contributed by atoms with Crippen LogP contribution in [0.3, 0.4) is 0 Å². The van der Waals surface area contributed by atoms with E-state index in [1.54, 1.807) is 0 Å². The highest BCUT2D eigenvalue weighted by Gasteiger charge is 2.54. The van der Waals surface area contributed by atoms with E-state index in [0.717, 1.165) is 38.8 Å². The fourth-order valence-electron chi connectivity index (χ4n) is 4.61. The van der Waals surface area contributed by atoms with Gasteiger partial charge in [0.2, 0.25) is 5.91 Å². The molecule has 2 heterocycles. The molecule has 1 N–H and O–H groups in total. The summed E-state index contributed by atoms with van der Waals surface area (Å²) in [5, 5.41) is 3.71. The van der Waals surface area contributed by atoms with E-state index < -0.39 is 0 Å². The van der Waals surface area contributed by atoms with Gasteiger partial charge in [-0.15, -0.1) is 0 Å². The summed E-state index contributed by atoms with van der Waals surface area (Å²) >= 11 is 0. The fourth-order valence-corrected chi connectivity index (χ4v) is 4.61. The van der Waals surface area contributed by atoms with Crippen LogP contribution in [-0.2, 0) is 4.79 Å². The van der Waals surface area contributed by atoms with Crippen molar-refractivity contribution in [1.29, 1.82) is 0 Å². The lowest BCUT2D eigenvalue weighted by molar-refractivity contribution is -0.137. The lowest BCUT2D eigenvalue weighted by atomic mass is 9.91. The Morgan fingerprint density at radius 3 is 2.65 bits per heavy atom. The van der Waals surface area contributed by atoms with Crippen molar-refractivity contribution >= 4 is 5.91 Å². The highest BCUT2D eigenvalue weighted by atomic mass is 16.2. The Hall–Kier alpha value is -0.610. The molecule has 0 aromatic carbocycles. The van der Waals surface area contributed by atoms with Gasteiger partial charge in [-0.25, -0.2) is 0 Å². The second-order valence-electron chi connectivity index (χ2n) is 7.17. The molecular weight excluding hydrogens is 250 g/mol. The SMILES string of the molecule is CCC1NC2(CCCC2)C(=O)N1C1CCN(C)CC1C. The Kier molecular flexibility index (Phi) is 3.80. The first-order valence-electron chi connectivity index (χ1n) is 8.36. The van der Waals surface area contributed by atoms with Crippen LogP contribution in [0.2, 0.25) is 0 Å².